The Kier molecular flexibility index (Phi) is 5.89. The molecule has 1 heterocycles. The maximum Gasteiger partial charge on any atom is 0.300 e. The number of nitrogens with zero attached hydrogens (tertiary/aromatic N) is 3. The minimum absolute atomic E-state index is 0.0762. The molecule has 20 heavy (non-hydrogen) atoms. The third-order valence-electron chi connectivity index (χ3n) is 3.02. The number of anilines is 1. The lowest BCUT2D eigenvalue weighted by Crippen LogP contribution is -2.32. The number of nitrogens with one attached hydrogen (secondary N) is 1. The zero-order valence-corrected chi connectivity index (χ0v) is 12.0. The summed E-state index contributed by atoms with van der Waals surface area (Å²) in [7, 11) is 1.65. The van der Waals surface area contributed by atoms with Gasteiger partial charge in [-0.1, -0.05) is 13.3 Å². The smallest absolute Gasteiger partial charge is 0.300 e. The van der Waals surface area contributed by atoms with Crippen molar-refractivity contribution in [2.24, 2.45) is 0 Å². The van der Waals surface area contributed by atoms with Crippen LogP contribution in [0.2, 0.25) is 0 Å². The standard InChI is InChI=1S/C13H20N4O3/c1-4-6-7-16(5-2)13(18)10-8-12(14-3)15-9-11(10)17(19)20/h8-9H,4-7H2,1-3H3,(H,14,15). The maximum atomic E-state index is 12.4. The van der Waals surface area contributed by atoms with Crippen molar-refractivity contribution in [2.45, 2.75) is 26.7 Å². The highest BCUT2D eigenvalue weighted by atomic mass is 16.6. The number of aromatic nitrogens is 1. The van der Waals surface area contributed by atoms with Gasteiger partial charge < -0.3 is 10.2 Å². The Morgan fingerprint density at radius 1 is 1.50 bits per heavy atom. The van der Waals surface area contributed by atoms with E-state index in [1.807, 2.05) is 13.8 Å². The highest BCUT2D eigenvalue weighted by Crippen LogP contribution is 2.22. The van der Waals surface area contributed by atoms with Crippen LogP contribution in [0, 0.1) is 10.1 Å². The van der Waals surface area contributed by atoms with Crippen molar-refractivity contribution in [3.05, 3.63) is 27.9 Å². The lowest BCUT2D eigenvalue weighted by molar-refractivity contribution is -0.385. The molecule has 7 nitrogen and oxygen atoms in total. The van der Waals surface area contributed by atoms with Crippen molar-refractivity contribution in [1.82, 2.24) is 9.88 Å². The second-order valence-electron chi connectivity index (χ2n) is 4.33. The molecule has 0 atom stereocenters. The first-order chi connectivity index (χ1) is 9.54. The summed E-state index contributed by atoms with van der Waals surface area (Å²) in [6.45, 7) is 5.01. The summed E-state index contributed by atoms with van der Waals surface area (Å²) in [6.07, 6.45) is 2.95. The topological polar surface area (TPSA) is 88.4 Å². The third kappa shape index (κ3) is 3.66. The van der Waals surface area contributed by atoms with Crippen molar-refractivity contribution in [1.29, 1.82) is 0 Å². The first-order valence-corrected chi connectivity index (χ1v) is 6.66. The van der Waals surface area contributed by atoms with E-state index >= 15 is 0 Å². The molecule has 0 aromatic carbocycles. The molecule has 0 bridgehead atoms. The van der Waals surface area contributed by atoms with Gasteiger partial charge in [-0.2, -0.15) is 0 Å². The highest BCUT2D eigenvalue weighted by molar-refractivity contribution is 5.98. The van der Waals surface area contributed by atoms with Gasteiger partial charge in [0.05, 0.1) is 4.92 Å². The van der Waals surface area contributed by atoms with Gasteiger partial charge in [-0.15, -0.1) is 0 Å². The molecule has 0 spiro atoms. The monoisotopic (exact) mass is 280 g/mol. The van der Waals surface area contributed by atoms with Gasteiger partial charge in [0.15, 0.2) is 0 Å². The first-order valence-electron chi connectivity index (χ1n) is 6.66. The Labute approximate surface area is 118 Å². The summed E-state index contributed by atoms with van der Waals surface area (Å²) in [4.78, 5) is 28.4. The van der Waals surface area contributed by atoms with Gasteiger partial charge in [0.2, 0.25) is 0 Å². The fourth-order valence-corrected chi connectivity index (χ4v) is 1.82. The summed E-state index contributed by atoms with van der Waals surface area (Å²) < 4.78 is 0. The molecule has 1 rings (SSSR count). The van der Waals surface area contributed by atoms with Gasteiger partial charge in [-0.25, -0.2) is 4.98 Å². The van der Waals surface area contributed by atoms with Crippen molar-refractivity contribution < 1.29 is 9.72 Å². The Morgan fingerprint density at radius 2 is 2.20 bits per heavy atom. The zero-order valence-electron chi connectivity index (χ0n) is 12.0. The molecular weight excluding hydrogens is 260 g/mol. The van der Waals surface area contributed by atoms with E-state index in [2.05, 4.69) is 10.3 Å². The van der Waals surface area contributed by atoms with Crippen LogP contribution in [0.1, 0.15) is 37.0 Å². The normalized spacial score (nSPS) is 10.2. The molecule has 0 radical (unpaired) electrons. The minimum atomic E-state index is -0.576. The molecule has 0 aliphatic heterocycles. The van der Waals surface area contributed by atoms with Crippen LogP contribution in [0.3, 0.4) is 0 Å². The predicted octanol–water partition coefficient (Wildman–Crippen LogP) is 2.29. The molecule has 0 saturated heterocycles. The molecule has 7 heteroatoms. The molecule has 0 fully saturated rings. The molecule has 0 unspecified atom stereocenters. The van der Waals surface area contributed by atoms with E-state index in [-0.39, 0.29) is 17.2 Å². The van der Waals surface area contributed by atoms with E-state index < -0.39 is 4.92 Å². The molecule has 1 amide bonds. The molecule has 0 aliphatic rings. The molecular formula is C13H20N4O3. The molecule has 1 N–H and O–H groups in total. The number of hydrogen-bond donors (Lipinski definition) is 1. The lowest BCUT2D eigenvalue weighted by atomic mass is 10.1. The Hall–Kier alpha value is -2.18. The van der Waals surface area contributed by atoms with Crippen molar-refractivity contribution >= 4 is 17.4 Å². The summed E-state index contributed by atoms with van der Waals surface area (Å²) in [6, 6.07) is 1.43. The minimum Gasteiger partial charge on any atom is -0.373 e. The number of hydrogen-bond acceptors (Lipinski definition) is 5. The second kappa shape index (κ2) is 7.42. The van der Waals surface area contributed by atoms with Crippen molar-refractivity contribution in [2.75, 3.05) is 25.5 Å². The molecule has 110 valence electrons. The average Bonchev–Trinajstić information content (AvgIpc) is 2.46. The summed E-state index contributed by atoms with van der Waals surface area (Å²) in [5.41, 5.74) is -0.184. The fraction of sp³-hybridized carbons (Fsp3) is 0.538. The molecule has 1 aromatic heterocycles. The number of unbranched alkanes of at least 4 members (excludes halogenated alkanes) is 1. The summed E-state index contributed by atoms with van der Waals surface area (Å²) in [5.74, 6) is 0.108. The molecule has 0 saturated carbocycles. The average molecular weight is 280 g/mol. The van der Waals surface area contributed by atoms with Crippen LogP contribution in [-0.4, -0.2) is 40.9 Å². The largest absolute Gasteiger partial charge is 0.373 e. The lowest BCUT2D eigenvalue weighted by Gasteiger charge is -2.20. The van der Waals surface area contributed by atoms with E-state index in [0.29, 0.717) is 18.9 Å². The highest BCUT2D eigenvalue weighted by Gasteiger charge is 2.24. The maximum absolute atomic E-state index is 12.4. The van der Waals surface area contributed by atoms with Gasteiger partial charge in [0, 0.05) is 26.2 Å². The van der Waals surface area contributed by atoms with E-state index in [0.717, 1.165) is 19.0 Å². The van der Waals surface area contributed by atoms with Crippen LogP contribution in [0.15, 0.2) is 12.3 Å². The molecule has 0 aliphatic carbocycles. The summed E-state index contributed by atoms with van der Waals surface area (Å²) >= 11 is 0. The first kappa shape index (κ1) is 15.9. The van der Waals surface area contributed by atoms with Crippen LogP contribution < -0.4 is 5.32 Å². The van der Waals surface area contributed by atoms with Gasteiger partial charge in [0.1, 0.15) is 17.6 Å². The van der Waals surface area contributed by atoms with E-state index in [1.54, 1.807) is 11.9 Å². The Bertz CT molecular complexity index is 491. The van der Waals surface area contributed by atoms with E-state index in [4.69, 9.17) is 0 Å². The number of carbonyl (C=O) groups is 1. The van der Waals surface area contributed by atoms with Crippen LogP contribution in [0.25, 0.3) is 0 Å². The zero-order chi connectivity index (χ0) is 15.1. The third-order valence-corrected chi connectivity index (χ3v) is 3.02. The fourth-order valence-electron chi connectivity index (χ4n) is 1.82. The number of rotatable bonds is 7. The van der Waals surface area contributed by atoms with Crippen LogP contribution in [0.4, 0.5) is 11.5 Å². The van der Waals surface area contributed by atoms with Gasteiger partial charge in [-0.3, -0.25) is 14.9 Å². The number of carbonyl (C=O) groups excluding carboxylic acids is 1. The van der Waals surface area contributed by atoms with Crippen molar-refractivity contribution in [3.63, 3.8) is 0 Å². The SMILES string of the molecule is CCCCN(CC)C(=O)c1cc(NC)ncc1[N+](=O)[O-]. The van der Waals surface area contributed by atoms with Gasteiger partial charge >= 0.3 is 0 Å². The van der Waals surface area contributed by atoms with Crippen LogP contribution in [0.5, 0.6) is 0 Å². The van der Waals surface area contributed by atoms with Crippen molar-refractivity contribution in [3.8, 4) is 0 Å². The predicted molar refractivity (Wildman–Crippen MR) is 76.9 cm³/mol. The van der Waals surface area contributed by atoms with Gasteiger partial charge in [-0.05, 0) is 13.3 Å². The quantitative estimate of drug-likeness (QED) is 0.611. The Balaban J connectivity index is 3.13. The van der Waals surface area contributed by atoms with Gasteiger partial charge in [0.25, 0.3) is 11.6 Å². The van der Waals surface area contributed by atoms with E-state index in [1.165, 1.54) is 6.07 Å². The van der Waals surface area contributed by atoms with Crippen LogP contribution >= 0.6 is 0 Å². The van der Waals surface area contributed by atoms with Crippen LogP contribution in [-0.2, 0) is 0 Å². The number of pyridine rings is 1. The molecule has 1 aromatic rings. The van der Waals surface area contributed by atoms with E-state index in [9.17, 15) is 14.9 Å². The number of nitro groups is 1. The summed E-state index contributed by atoms with van der Waals surface area (Å²) in [5, 5.41) is 13.8. The Morgan fingerprint density at radius 3 is 2.70 bits per heavy atom. The second-order valence-corrected chi connectivity index (χ2v) is 4.33. The number of amides is 1.